The van der Waals surface area contributed by atoms with Crippen molar-refractivity contribution in [3.63, 3.8) is 0 Å². The van der Waals surface area contributed by atoms with E-state index < -0.39 is 5.97 Å². The molecular weight excluding hydrogens is 324 g/mol. The molecule has 108 valence electrons. The van der Waals surface area contributed by atoms with Gasteiger partial charge >= 0.3 is 5.97 Å². The van der Waals surface area contributed by atoms with Crippen LogP contribution in [-0.2, 0) is 4.79 Å². The summed E-state index contributed by atoms with van der Waals surface area (Å²) in [7, 11) is 0. The number of benzene rings is 1. The van der Waals surface area contributed by atoms with Crippen LogP contribution in [0.4, 0.5) is 5.69 Å². The van der Waals surface area contributed by atoms with Crippen molar-refractivity contribution in [3.05, 3.63) is 28.2 Å². The zero-order valence-corrected chi connectivity index (χ0v) is 12.6. The molecular formula is C14H17BrN2O3. The number of nitrogens with two attached hydrogens (primary N) is 1. The van der Waals surface area contributed by atoms with Crippen molar-refractivity contribution in [2.45, 2.75) is 25.7 Å². The molecule has 0 aliphatic heterocycles. The molecule has 0 atom stereocenters. The minimum atomic E-state index is -1.000. The number of carboxylic acids is 1. The molecule has 0 bridgehead atoms. The van der Waals surface area contributed by atoms with E-state index in [1.807, 2.05) is 0 Å². The molecule has 0 unspecified atom stereocenters. The number of anilines is 1. The summed E-state index contributed by atoms with van der Waals surface area (Å²) in [5.74, 6) is -1.08. The van der Waals surface area contributed by atoms with Crippen molar-refractivity contribution in [3.8, 4) is 0 Å². The minimum Gasteiger partial charge on any atom is -0.478 e. The summed E-state index contributed by atoms with van der Waals surface area (Å²) >= 11 is 3.27. The van der Waals surface area contributed by atoms with Crippen LogP contribution >= 0.6 is 15.9 Å². The Kier molecular flexibility index (Phi) is 4.45. The van der Waals surface area contributed by atoms with Gasteiger partial charge in [-0.2, -0.15) is 0 Å². The predicted octanol–water partition coefficient (Wildman–Crippen LogP) is 2.60. The van der Waals surface area contributed by atoms with Gasteiger partial charge < -0.3 is 16.2 Å². The van der Waals surface area contributed by atoms with E-state index in [2.05, 4.69) is 21.2 Å². The molecule has 1 aliphatic rings. The van der Waals surface area contributed by atoms with E-state index in [0.29, 0.717) is 23.1 Å². The number of amides is 1. The Balaban J connectivity index is 2.02. The van der Waals surface area contributed by atoms with E-state index in [0.717, 1.165) is 19.3 Å². The first-order valence-electron chi connectivity index (χ1n) is 6.48. The maximum atomic E-state index is 12.0. The van der Waals surface area contributed by atoms with E-state index >= 15 is 0 Å². The van der Waals surface area contributed by atoms with E-state index in [4.69, 9.17) is 10.8 Å². The van der Waals surface area contributed by atoms with Crippen molar-refractivity contribution in [1.82, 2.24) is 0 Å². The topological polar surface area (TPSA) is 92.4 Å². The Hall–Kier alpha value is -1.40. The highest BCUT2D eigenvalue weighted by atomic mass is 79.9. The fraction of sp³-hybridized carbons (Fsp3) is 0.429. The highest BCUT2D eigenvalue weighted by molar-refractivity contribution is 9.10. The Morgan fingerprint density at radius 3 is 2.55 bits per heavy atom. The second-order valence-corrected chi connectivity index (χ2v) is 6.14. The summed E-state index contributed by atoms with van der Waals surface area (Å²) in [6, 6.07) is 4.52. The SMILES string of the molecule is NCC1(CC(=O)Nc2ccc(C(=O)O)cc2Br)CCC1. The Labute approximate surface area is 125 Å². The predicted molar refractivity (Wildman–Crippen MR) is 79.7 cm³/mol. The highest BCUT2D eigenvalue weighted by Gasteiger charge is 2.37. The molecule has 20 heavy (non-hydrogen) atoms. The molecule has 1 aliphatic carbocycles. The number of nitrogens with one attached hydrogen (secondary N) is 1. The van der Waals surface area contributed by atoms with Crippen LogP contribution < -0.4 is 11.1 Å². The molecule has 1 aromatic carbocycles. The van der Waals surface area contributed by atoms with Crippen LogP contribution in [0.1, 0.15) is 36.0 Å². The lowest BCUT2D eigenvalue weighted by molar-refractivity contribution is -0.119. The standard InChI is InChI=1S/C14H17BrN2O3/c15-10-6-9(13(19)20)2-3-11(10)17-12(18)7-14(8-16)4-1-5-14/h2-3,6H,1,4-5,7-8,16H2,(H,17,18)(H,19,20). The largest absolute Gasteiger partial charge is 0.478 e. The normalized spacial score (nSPS) is 16.3. The molecule has 5 nitrogen and oxygen atoms in total. The molecule has 0 radical (unpaired) electrons. The summed E-state index contributed by atoms with van der Waals surface area (Å²) in [5, 5.41) is 11.7. The van der Waals surface area contributed by atoms with Crippen molar-refractivity contribution < 1.29 is 14.7 Å². The lowest BCUT2D eigenvalue weighted by Gasteiger charge is -2.40. The Bertz CT molecular complexity index is 536. The third-order valence-electron chi connectivity index (χ3n) is 3.87. The van der Waals surface area contributed by atoms with Crippen molar-refractivity contribution >= 4 is 33.5 Å². The zero-order valence-electron chi connectivity index (χ0n) is 11.0. The monoisotopic (exact) mass is 340 g/mol. The maximum Gasteiger partial charge on any atom is 0.335 e. The van der Waals surface area contributed by atoms with E-state index in [9.17, 15) is 9.59 Å². The minimum absolute atomic E-state index is 0.0441. The van der Waals surface area contributed by atoms with Gasteiger partial charge in [0.2, 0.25) is 5.91 Å². The molecule has 1 aromatic rings. The van der Waals surface area contributed by atoms with Gasteiger partial charge in [0.05, 0.1) is 11.3 Å². The van der Waals surface area contributed by atoms with Crippen LogP contribution in [0.15, 0.2) is 22.7 Å². The van der Waals surface area contributed by atoms with Crippen molar-refractivity contribution in [2.75, 3.05) is 11.9 Å². The first-order chi connectivity index (χ1) is 9.46. The lowest BCUT2D eigenvalue weighted by Crippen LogP contribution is -2.40. The van der Waals surface area contributed by atoms with Gasteiger partial charge in [0.25, 0.3) is 0 Å². The van der Waals surface area contributed by atoms with Gasteiger partial charge in [-0.05, 0) is 58.9 Å². The molecule has 1 saturated carbocycles. The highest BCUT2D eigenvalue weighted by Crippen LogP contribution is 2.43. The Morgan fingerprint density at radius 2 is 2.10 bits per heavy atom. The summed E-state index contributed by atoms with van der Waals surface area (Å²) in [6.45, 7) is 0.527. The number of carboxylic acid groups (broad SMARTS) is 1. The van der Waals surface area contributed by atoms with Gasteiger partial charge in [-0.25, -0.2) is 4.79 Å². The van der Waals surface area contributed by atoms with Crippen molar-refractivity contribution in [1.29, 1.82) is 0 Å². The van der Waals surface area contributed by atoms with Gasteiger partial charge in [0.1, 0.15) is 0 Å². The molecule has 1 amide bonds. The van der Waals surface area contributed by atoms with Gasteiger partial charge in [-0.3, -0.25) is 4.79 Å². The summed E-state index contributed by atoms with van der Waals surface area (Å²) in [6.07, 6.45) is 3.53. The van der Waals surface area contributed by atoms with Gasteiger partial charge in [-0.1, -0.05) is 6.42 Å². The van der Waals surface area contributed by atoms with E-state index in [1.54, 1.807) is 6.07 Å². The number of carbonyl (C=O) groups is 2. The third-order valence-corrected chi connectivity index (χ3v) is 4.53. The second kappa shape index (κ2) is 5.93. The quantitative estimate of drug-likeness (QED) is 0.768. The lowest BCUT2D eigenvalue weighted by atomic mass is 9.66. The summed E-state index contributed by atoms with van der Waals surface area (Å²) in [5.41, 5.74) is 6.44. The zero-order chi connectivity index (χ0) is 14.8. The average Bonchev–Trinajstić information content (AvgIpc) is 2.36. The van der Waals surface area contributed by atoms with Crippen LogP contribution in [-0.4, -0.2) is 23.5 Å². The molecule has 2 rings (SSSR count). The molecule has 4 N–H and O–H groups in total. The Morgan fingerprint density at radius 1 is 1.40 bits per heavy atom. The van der Waals surface area contributed by atoms with Crippen LogP contribution in [0.3, 0.4) is 0 Å². The number of carbonyl (C=O) groups excluding carboxylic acids is 1. The van der Waals surface area contributed by atoms with Gasteiger partial charge in [0, 0.05) is 10.9 Å². The second-order valence-electron chi connectivity index (χ2n) is 5.28. The summed E-state index contributed by atoms with van der Waals surface area (Å²) < 4.78 is 0.557. The fourth-order valence-electron chi connectivity index (χ4n) is 2.41. The van der Waals surface area contributed by atoms with Crippen LogP contribution in [0.2, 0.25) is 0 Å². The van der Waals surface area contributed by atoms with Gasteiger partial charge in [-0.15, -0.1) is 0 Å². The number of rotatable bonds is 5. The van der Waals surface area contributed by atoms with Gasteiger partial charge in [0.15, 0.2) is 0 Å². The molecule has 6 heteroatoms. The smallest absolute Gasteiger partial charge is 0.335 e. The molecule has 0 heterocycles. The molecule has 0 aromatic heterocycles. The van der Waals surface area contributed by atoms with Crippen molar-refractivity contribution in [2.24, 2.45) is 11.1 Å². The number of hydrogen-bond acceptors (Lipinski definition) is 3. The van der Waals surface area contributed by atoms with E-state index in [1.165, 1.54) is 12.1 Å². The number of halogens is 1. The molecule has 0 saturated heterocycles. The third kappa shape index (κ3) is 3.19. The van der Waals surface area contributed by atoms with E-state index in [-0.39, 0.29) is 16.9 Å². The van der Waals surface area contributed by atoms with Crippen LogP contribution in [0, 0.1) is 5.41 Å². The molecule has 0 spiro atoms. The fourth-order valence-corrected chi connectivity index (χ4v) is 2.89. The average molecular weight is 341 g/mol. The first-order valence-corrected chi connectivity index (χ1v) is 7.28. The first kappa shape index (κ1) is 15.0. The maximum absolute atomic E-state index is 12.0. The number of aromatic carboxylic acids is 1. The van der Waals surface area contributed by atoms with Crippen LogP contribution in [0.25, 0.3) is 0 Å². The number of hydrogen-bond donors (Lipinski definition) is 3. The molecule has 1 fully saturated rings. The summed E-state index contributed by atoms with van der Waals surface area (Å²) in [4.78, 5) is 22.9. The van der Waals surface area contributed by atoms with Crippen LogP contribution in [0.5, 0.6) is 0 Å².